The van der Waals surface area contributed by atoms with E-state index in [1.165, 1.54) is 16.7 Å². The zero-order valence-corrected chi connectivity index (χ0v) is 13.4. The predicted molar refractivity (Wildman–Crippen MR) is 88.8 cm³/mol. The summed E-state index contributed by atoms with van der Waals surface area (Å²) in [6.07, 6.45) is 0. The first kappa shape index (κ1) is 15.6. The number of rotatable bonds is 6. The summed E-state index contributed by atoms with van der Waals surface area (Å²) in [6.45, 7) is 7.51. The summed E-state index contributed by atoms with van der Waals surface area (Å²) in [7, 11) is 1.69. The van der Waals surface area contributed by atoms with Gasteiger partial charge in [-0.3, -0.25) is 0 Å². The maximum absolute atomic E-state index is 5.17. The topological polar surface area (TPSA) is 21.3 Å². The van der Waals surface area contributed by atoms with Crippen molar-refractivity contribution in [1.29, 1.82) is 0 Å². The average Bonchev–Trinajstić information content (AvgIpc) is 2.53. The van der Waals surface area contributed by atoms with Gasteiger partial charge in [-0.15, -0.1) is 0 Å². The van der Waals surface area contributed by atoms with Crippen LogP contribution in [0.2, 0.25) is 0 Å². The van der Waals surface area contributed by atoms with E-state index in [1.54, 1.807) is 7.11 Å². The molecule has 1 atom stereocenters. The van der Waals surface area contributed by atoms with Crippen LogP contribution in [0.25, 0.3) is 0 Å². The minimum atomic E-state index is 0.341. The van der Waals surface area contributed by atoms with E-state index in [-0.39, 0.29) is 0 Å². The Labute approximate surface area is 128 Å². The van der Waals surface area contributed by atoms with Gasteiger partial charge in [0.25, 0.3) is 0 Å². The van der Waals surface area contributed by atoms with E-state index < -0.39 is 0 Å². The molecule has 0 aliphatic heterocycles. The van der Waals surface area contributed by atoms with Crippen LogP contribution in [-0.4, -0.2) is 7.11 Å². The molecule has 2 heteroatoms. The number of hydrogen-bond donors (Lipinski definition) is 1. The molecule has 2 aromatic rings. The van der Waals surface area contributed by atoms with Gasteiger partial charge in [0, 0.05) is 12.6 Å². The summed E-state index contributed by atoms with van der Waals surface area (Å²) >= 11 is 0. The Balaban J connectivity index is 1.92. The lowest BCUT2D eigenvalue weighted by Gasteiger charge is -2.15. The van der Waals surface area contributed by atoms with Gasteiger partial charge in [-0.1, -0.05) is 50.2 Å². The van der Waals surface area contributed by atoms with Crippen molar-refractivity contribution in [2.24, 2.45) is 0 Å². The maximum atomic E-state index is 5.17. The van der Waals surface area contributed by atoms with Crippen molar-refractivity contribution in [3.05, 3.63) is 65.2 Å². The molecule has 0 saturated heterocycles. The van der Waals surface area contributed by atoms with Crippen LogP contribution in [0.5, 0.6) is 5.75 Å². The highest BCUT2D eigenvalue weighted by Crippen LogP contribution is 2.19. The second kappa shape index (κ2) is 7.28. The first-order valence-corrected chi connectivity index (χ1v) is 7.56. The van der Waals surface area contributed by atoms with E-state index in [1.807, 2.05) is 12.1 Å². The van der Waals surface area contributed by atoms with Crippen molar-refractivity contribution >= 4 is 0 Å². The van der Waals surface area contributed by atoms with E-state index in [2.05, 4.69) is 62.5 Å². The number of benzene rings is 2. The smallest absolute Gasteiger partial charge is 0.118 e. The molecule has 0 saturated carbocycles. The van der Waals surface area contributed by atoms with Crippen molar-refractivity contribution in [2.75, 3.05) is 7.11 Å². The lowest BCUT2D eigenvalue weighted by molar-refractivity contribution is 0.414. The van der Waals surface area contributed by atoms with E-state index in [9.17, 15) is 0 Å². The number of nitrogens with one attached hydrogen (secondary N) is 1. The molecule has 0 spiro atoms. The van der Waals surface area contributed by atoms with Crippen LogP contribution >= 0.6 is 0 Å². The van der Waals surface area contributed by atoms with E-state index in [0.717, 1.165) is 12.3 Å². The molecule has 2 nitrogen and oxygen atoms in total. The fourth-order valence-electron chi connectivity index (χ4n) is 2.30. The molecule has 2 rings (SSSR count). The highest BCUT2D eigenvalue weighted by molar-refractivity contribution is 5.28. The minimum absolute atomic E-state index is 0.341. The predicted octanol–water partition coefficient (Wildman–Crippen LogP) is 4.67. The first-order chi connectivity index (χ1) is 10.1. The van der Waals surface area contributed by atoms with Crippen LogP contribution in [0.15, 0.2) is 48.5 Å². The fraction of sp³-hybridized carbons (Fsp3) is 0.368. The second-order valence-corrected chi connectivity index (χ2v) is 5.77. The normalized spacial score (nSPS) is 12.4. The number of hydrogen-bond acceptors (Lipinski definition) is 2. The fourth-order valence-corrected chi connectivity index (χ4v) is 2.30. The van der Waals surface area contributed by atoms with Crippen molar-refractivity contribution in [2.45, 2.75) is 39.3 Å². The molecule has 0 aromatic heterocycles. The van der Waals surface area contributed by atoms with E-state index >= 15 is 0 Å². The number of ether oxygens (including phenoxy) is 1. The molecular formula is C19H25NO. The van der Waals surface area contributed by atoms with Gasteiger partial charge in [-0.05, 0) is 41.7 Å². The summed E-state index contributed by atoms with van der Waals surface area (Å²) in [5.41, 5.74) is 3.98. The van der Waals surface area contributed by atoms with Gasteiger partial charge in [0.15, 0.2) is 0 Å². The Bertz CT molecular complexity index is 543. The van der Waals surface area contributed by atoms with Crippen molar-refractivity contribution < 1.29 is 4.74 Å². The molecule has 0 amide bonds. The van der Waals surface area contributed by atoms with Crippen LogP contribution in [0.4, 0.5) is 0 Å². The average molecular weight is 283 g/mol. The van der Waals surface area contributed by atoms with Gasteiger partial charge >= 0.3 is 0 Å². The van der Waals surface area contributed by atoms with E-state index in [4.69, 9.17) is 4.74 Å². The maximum Gasteiger partial charge on any atom is 0.118 e. The Morgan fingerprint density at radius 2 is 1.43 bits per heavy atom. The van der Waals surface area contributed by atoms with Gasteiger partial charge in [0.2, 0.25) is 0 Å². The monoisotopic (exact) mass is 283 g/mol. The SMILES string of the molecule is COc1ccc(CNC(C)c2ccc(C(C)C)cc2)cc1. The highest BCUT2D eigenvalue weighted by atomic mass is 16.5. The third-order valence-electron chi connectivity index (χ3n) is 3.87. The molecule has 0 heterocycles. The van der Waals surface area contributed by atoms with Crippen LogP contribution in [0.3, 0.4) is 0 Å². The zero-order valence-electron chi connectivity index (χ0n) is 13.4. The summed E-state index contributed by atoms with van der Waals surface area (Å²) in [5, 5.41) is 3.56. The number of methoxy groups -OCH3 is 1. The van der Waals surface area contributed by atoms with Gasteiger partial charge in [-0.25, -0.2) is 0 Å². The molecule has 1 unspecified atom stereocenters. The van der Waals surface area contributed by atoms with Crippen molar-refractivity contribution in [3.63, 3.8) is 0 Å². The molecule has 2 aromatic carbocycles. The molecule has 0 aliphatic rings. The third kappa shape index (κ3) is 4.33. The Kier molecular flexibility index (Phi) is 5.40. The lowest BCUT2D eigenvalue weighted by atomic mass is 9.99. The van der Waals surface area contributed by atoms with E-state index in [0.29, 0.717) is 12.0 Å². The largest absolute Gasteiger partial charge is 0.497 e. The Morgan fingerprint density at radius 1 is 0.857 bits per heavy atom. The molecule has 1 N–H and O–H groups in total. The summed E-state index contributed by atoms with van der Waals surface area (Å²) < 4.78 is 5.17. The van der Waals surface area contributed by atoms with Gasteiger partial charge in [0.05, 0.1) is 7.11 Å². The first-order valence-electron chi connectivity index (χ1n) is 7.56. The summed E-state index contributed by atoms with van der Waals surface area (Å²) in [4.78, 5) is 0. The van der Waals surface area contributed by atoms with Crippen LogP contribution in [0.1, 0.15) is 49.4 Å². The Hall–Kier alpha value is -1.80. The van der Waals surface area contributed by atoms with Crippen LogP contribution in [0, 0.1) is 0 Å². The van der Waals surface area contributed by atoms with Gasteiger partial charge in [0.1, 0.15) is 5.75 Å². The molecule has 0 bridgehead atoms. The van der Waals surface area contributed by atoms with Gasteiger partial charge < -0.3 is 10.1 Å². The lowest BCUT2D eigenvalue weighted by Crippen LogP contribution is -2.18. The summed E-state index contributed by atoms with van der Waals surface area (Å²) in [6, 6.07) is 17.4. The third-order valence-corrected chi connectivity index (χ3v) is 3.87. The van der Waals surface area contributed by atoms with Crippen LogP contribution < -0.4 is 10.1 Å². The quantitative estimate of drug-likeness (QED) is 0.832. The van der Waals surface area contributed by atoms with Crippen molar-refractivity contribution in [1.82, 2.24) is 5.32 Å². The summed E-state index contributed by atoms with van der Waals surface area (Å²) in [5.74, 6) is 1.48. The standard InChI is InChI=1S/C19H25NO/c1-14(2)17-7-9-18(10-8-17)15(3)20-13-16-5-11-19(21-4)12-6-16/h5-12,14-15,20H,13H2,1-4H3. The Morgan fingerprint density at radius 3 is 1.95 bits per heavy atom. The molecule has 0 fully saturated rings. The molecule has 0 aliphatic carbocycles. The minimum Gasteiger partial charge on any atom is -0.497 e. The molecule has 21 heavy (non-hydrogen) atoms. The zero-order chi connectivity index (χ0) is 15.2. The molecular weight excluding hydrogens is 258 g/mol. The second-order valence-electron chi connectivity index (χ2n) is 5.77. The van der Waals surface area contributed by atoms with Crippen molar-refractivity contribution in [3.8, 4) is 5.75 Å². The molecule has 0 radical (unpaired) electrons. The van der Waals surface area contributed by atoms with Gasteiger partial charge in [-0.2, -0.15) is 0 Å². The highest BCUT2D eigenvalue weighted by Gasteiger charge is 2.06. The van der Waals surface area contributed by atoms with Crippen LogP contribution in [-0.2, 0) is 6.54 Å². The molecule has 112 valence electrons.